The molecule has 0 saturated carbocycles. The van der Waals surface area contributed by atoms with Crippen LogP contribution in [-0.2, 0) is 0 Å². The minimum absolute atomic E-state index is 0.0307. The van der Waals surface area contributed by atoms with Crippen LogP contribution in [-0.4, -0.2) is 6.61 Å². The molecule has 1 aliphatic rings. The maximum Gasteiger partial charge on any atom is 0.128 e. The van der Waals surface area contributed by atoms with Gasteiger partial charge in [-0.25, -0.2) is 8.78 Å². The van der Waals surface area contributed by atoms with Crippen LogP contribution in [0.5, 0.6) is 5.75 Å². The van der Waals surface area contributed by atoms with Crippen LogP contribution >= 0.6 is 15.9 Å². The molecule has 3 rings (SSSR count). The molecule has 110 valence electrons. The van der Waals surface area contributed by atoms with Gasteiger partial charge in [-0.1, -0.05) is 22.0 Å². The van der Waals surface area contributed by atoms with Crippen molar-refractivity contribution in [2.75, 3.05) is 11.9 Å². The molecule has 1 heterocycles. The Morgan fingerprint density at radius 1 is 1.10 bits per heavy atom. The summed E-state index contributed by atoms with van der Waals surface area (Å²) in [6, 6.07) is 9.26. The molecule has 0 amide bonds. The highest BCUT2D eigenvalue weighted by molar-refractivity contribution is 9.10. The molecule has 1 atom stereocenters. The van der Waals surface area contributed by atoms with Gasteiger partial charge >= 0.3 is 0 Å². The summed E-state index contributed by atoms with van der Waals surface area (Å²) in [6.45, 7) is 0.638. The van der Waals surface area contributed by atoms with E-state index in [9.17, 15) is 8.78 Å². The van der Waals surface area contributed by atoms with Gasteiger partial charge in [-0.3, -0.25) is 0 Å². The third-order valence-electron chi connectivity index (χ3n) is 3.45. The highest BCUT2D eigenvalue weighted by Crippen LogP contribution is 2.35. The number of rotatable bonds is 2. The van der Waals surface area contributed by atoms with Crippen LogP contribution in [0.1, 0.15) is 24.4 Å². The van der Waals surface area contributed by atoms with Gasteiger partial charge in [0.25, 0.3) is 0 Å². The average Bonchev–Trinajstić information content (AvgIpc) is 2.60. The average molecular weight is 354 g/mol. The zero-order chi connectivity index (χ0) is 14.8. The first kappa shape index (κ1) is 14.3. The fourth-order valence-corrected chi connectivity index (χ4v) is 2.87. The molecular formula is C16H14BrF2NO. The standard InChI is InChI=1S/C16H14BrF2NO/c17-10-3-4-14-15(2-1-5-21-16(14)6-10)20-13-8-11(18)7-12(19)9-13/h3-4,6-9,15,20H,1-2,5H2. The third-order valence-corrected chi connectivity index (χ3v) is 3.94. The van der Waals surface area contributed by atoms with Gasteiger partial charge in [0, 0.05) is 21.8 Å². The lowest BCUT2D eigenvalue weighted by Gasteiger charge is -2.20. The van der Waals surface area contributed by atoms with Crippen molar-refractivity contribution >= 4 is 21.6 Å². The van der Waals surface area contributed by atoms with Crippen LogP contribution in [0, 0.1) is 11.6 Å². The number of nitrogens with one attached hydrogen (secondary N) is 1. The van der Waals surface area contributed by atoms with Crippen molar-refractivity contribution in [1.82, 2.24) is 0 Å². The summed E-state index contributed by atoms with van der Waals surface area (Å²) in [7, 11) is 0. The molecule has 5 heteroatoms. The number of fused-ring (bicyclic) bond motifs is 1. The molecule has 1 unspecified atom stereocenters. The Balaban J connectivity index is 1.91. The van der Waals surface area contributed by atoms with Gasteiger partial charge < -0.3 is 10.1 Å². The molecule has 2 aromatic carbocycles. The van der Waals surface area contributed by atoms with Gasteiger partial charge in [-0.2, -0.15) is 0 Å². The minimum atomic E-state index is -0.585. The smallest absolute Gasteiger partial charge is 0.128 e. The lowest BCUT2D eigenvalue weighted by molar-refractivity contribution is 0.316. The highest BCUT2D eigenvalue weighted by atomic mass is 79.9. The van der Waals surface area contributed by atoms with Crippen molar-refractivity contribution in [3.63, 3.8) is 0 Å². The van der Waals surface area contributed by atoms with Gasteiger partial charge in [-0.15, -0.1) is 0 Å². The summed E-state index contributed by atoms with van der Waals surface area (Å²) in [6.07, 6.45) is 1.72. The molecule has 0 fully saturated rings. The second-order valence-corrected chi connectivity index (χ2v) is 5.94. The Morgan fingerprint density at radius 2 is 1.86 bits per heavy atom. The van der Waals surface area contributed by atoms with E-state index in [1.165, 1.54) is 12.1 Å². The van der Waals surface area contributed by atoms with Crippen molar-refractivity contribution in [3.8, 4) is 5.75 Å². The van der Waals surface area contributed by atoms with Gasteiger partial charge in [0.05, 0.1) is 12.6 Å². The van der Waals surface area contributed by atoms with E-state index in [2.05, 4.69) is 21.2 Å². The summed E-state index contributed by atoms with van der Waals surface area (Å²) in [5.41, 5.74) is 1.44. The van der Waals surface area contributed by atoms with E-state index in [0.29, 0.717) is 12.3 Å². The van der Waals surface area contributed by atoms with Crippen LogP contribution in [0.4, 0.5) is 14.5 Å². The molecular weight excluding hydrogens is 340 g/mol. The maximum absolute atomic E-state index is 13.3. The molecule has 2 aromatic rings. The van der Waals surface area contributed by atoms with E-state index in [0.717, 1.165) is 34.7 Å². The van der Waals surface area contributed by atoms with E-state index in [4.69, 9.17) is 4.74 Å². The number of anilines is 1. The highest BCUT2D eigenvalue weighted by Gasteiger charge is 2.20. The summed E-state index contributed by atoms with van der Waals surface area (Å²) >= 11 is 3.42. The fourth-order valence-electron chi connectivity index (χ4n) is 2.53. The van der Waals surface area contributed by atoms with Gasteiger partial charge in [0.15, 0.2) is 0 Å². The fraction of sp³-hybridized carbons (Fsp3) is 0.250. The topological polar surface area (TPSA) is 21.3 Å². The van der Waals surface area contributed by atoms with Crippen LogP contribution in [0.2, 0.25) is 0 Å². The van der Waals surface area contributed by atoms with E-state index in [1.807, 2.05) is 18.2 Å². The molecule has 0 saturated heterocycles. The molecule has 0 aromatic heterocycles. The second kappa shape index (κ2) is 6.02. The van der Waals surface area contributed by atoms with Gasteiger partial charge in [-0.05, 0) is 37.1 Å². The van der Waals surface area contributed by atoms with Crippen LogP contribution in [0.25, 0.3) is 0 Å². The molecule has 2 nitrogen and oxygen atoms in total. The van der Waals surface area contributed by atoms with Gasteiger partial charge in [0.1, 0.15) is 17.4 Å². The Bertz CT molecular complexity index is 642. The number of benzene rings is 2. The van der Waals surface area contributed by atoms with E-state index < -0.39 is 11.6 Å². The monoisotopic (exact) mass is 353 g/mol. The predicted octanol–water partition coefficient (Wildman–Crippen LogP) is 5.05. The van der Waals surface area contributed by atoms with E-state index >= 15 is 0 Å². The first-order valence-corrected chi connectivity index (χ1v) is 7.56. The first-order chi connectivity index (χ1) is 10.1. The lowest BCUT2D eigenvalue weighted by atomic mass is 10.0. The minimum Gasteiger partial charge on any atom is -0.493 e. The van der Waals surface area contributed by atoms with Crippen molar-refractivity contribution in [3.05, 3.63) is 58.1 Å². The molecule has 1 aliphatic heterocycles. The van der Waals surface area contributed by atoms with Crippen LogP contribution in [0.3, 0.4) is 0 Å². The van der Waals surface area contributed by atoms with Crippen molar-refractivity contribution in [2.45, 2.75) is 18.9 Å². The first-order valence-electron chi connectivity index (χ1n) is 6.77. The molecule has 0 bridgehead atoms. The quantitative estimate of drug-likeness (QED) is 0.815. The third kappa shape index (κ3) is 3.35. The Kier molecular flexibility index (Phi) is 4.10. The van der Waals surface area contributed by atoms with Crippen LogP contribution in [0.15, 0.2) is 40.9 Å². The number of hydrogen-bond acceptors (Lipinski definition) is 2. The predicted molar refractivity (Wildman–Crippen MR) is 81.6 cm³/mol. The molecule has 0 radical (unpaired) electrons. The van der Waals surface area contributed by atoms with Gasteiger partial charge in [0.2, 0.25) is 0 Å². The molecule has 0 aliphatic carbocycles. The second-order valence-electron chi connectivity index (χ2n) is 5.03. The summed E-state index contributed by atoms with van der Waals surface area (Å²) < 4.78 is 33.3. The normalized spacial score (nSPS) is 17.6. The number of halogens is 3. The molecule has 21 heavy (non-hydrogen) atoms. The SMILES string of the molecule is Fc1cc(F)cc(NC2CCCOc3cc(Br)ccc32)c1. The van der Waals surface area contributed by atoms with Crippen LogP contribution < -0.4 is 10.1 Å². The maximum atomic E-state index is 13.3. The summed E-state index contributed by atoms with van der Waals surface area (Å²) in [4.78, 5) is 0. The Morgan fingerprint density at radius 3 is 2.62 bits per heavy atom. The summed E-state index contributed by atoms with van der Waals surface area (Å²) in [5.74, 6) is -0.368. The van der Waals surface area contributed by atoms with Crippen molar-refractivity contribution < 1.29 is 13.5 Å². The molecule has 1 N–H and O–H groups in total. The summed E-state index contributed by atoms with van der Waals surface area (Å²) in [5, 5.41) is 3.20. The zero-order valence-corrected chi connectivity index (χ0v) is 12.8. The Hall–Kier alpha value is -1.62. The molecule has 0 spiro atoms. The zero-order valence-electron chi connectivity index (χ0n) is 11.2. The van der Waals surface area contributed by atoms with Crippen molar-refractivity contribution in [1.29, 1.82) is 0 Å². The number of hydrogen-bond donors (Lipinski definition) is 1. The number of ether oxygens (including phenoxy) is 1. The van der Waals surface area contributed by atoms with E-state index in [1.54, 1.807) is 0 Å². The van der Waals surface area contributed by atoms with E-state index in [-0.39, 0.29) is 6.04 Å². The lowest BCUT2D eigenvalue weighted by Crippen LogP contribution is -2.10. The van der Waals surface area contributed by atoms with Crippen molar-refractivity contribution in [2.24, 2.45) is 0 Å². The largest absolute Gasteiger partial charge is 0.493 e. The Labute approximate surface area is 130 Å².